The lowest BCUT2D eigenvalue weighted by Gasteiger charge is -2.61. The summed E-state index contributed by atoms with van der Waals surface area (Å²) in [6.07, 6.45) is 2.96. The van der Waals surface area contributed by atoms with Gasteiger partial charge in [-0.05, 0) is 53.9 Å². The highest BCUT2D eigenvalue weighted by molar-refractivity contribution is 5.94. The summed E-state index contributed by atoms with van der Waals surface area (Å²) < 4.78 is 5.90. The minimum atomic E-state index is -0.364. The summed E-state index contributed by atoms with van der Waals surface area (Å²) in [5, 5.41) is 2.50. The number of Topliss-reactive ketones (excluding diaryl/α,β-unsaturated/α-hetero) is 1. The minimum Gasteiger partial charge on any atom is -0.461 e. The largest absolute Gasteiger partial charge is 0.461 e. The van der Waals surface area contributed by atoms with Crippen LogP contribution in [0.1, 0.15) is 45.6 Å². The Bertz CT molecular complexity index is 882. The lowest BCUT2D eigenvalue weighted by atomic mass is 9.45. The van der Waals surface area contributed by atoms with Crippen LogP contribution in [0.15, 0.2) is 42.5 Å². The molecule has 2 aromatic rings. The molecule has 0 aromatic heterocycles. The molecule has 3 nitrogen and oxygen atoms in total. The molecule has 2 bridgehead atoms. The zero-order valence-corrected chi connectivity index (χ0v) is 16.4. The molecule has 0 amide bonds. The van der Waals surface area contributed by atoms with E-state index in [0.717, 1.165) is 19.3 Å². The maximum atomic E-state index is 12.2. The molecule has 4 atom stereocenters. The van der Waals surface area contributed by atoms with Gasteiger partial charge in [0.1, 0.15) is 18.3 Å². The second-order valence-corrected chi connectivity index (χ2v) is 9.08. The Morgan fingerprint density at radius 1 is 1.07 bits per heavy atom. The van der Waals surface area contributed by atoms with E-state index in [2.05, 4.69) is 56.3 Å². The number of ether oxygens (including phenoxy) is 1. The van der Waals surface area contributed by atoms with Crippen LogP contribution in [-0.2, 0) is 20.7 Å². The molecule has 5 rings (SSSR count). The number of fused-ring (bicyclic) bond motifs is 3. The molecule has 0 aliphatic heterocycles. The molecule has 142 valence electrons. The zero-order valence-electron chi connectivity index (χ0n) is 16.4. The molecule has 2 aromatic carbocycles. The van der Waals surface area contributed by atoms with Gasteiger partial charge >= 0.3 is 5.97 Å². The van der Waals surface area contributed by atoms with E-state index in [0.29, 0.717) is 17.8 Å². The molecule has 0 spiro atoms. The van der Waals surface area contributed by atoms with Crippen LogP contribution in [-0.4, -0.2) is 17.9 Å². The highest BCUT2D eigenvalue weighted by atomic mass is 16.5. The standard InChI is InChI=1S/C24H28O3/c1-15(25)10-22(26)27-23-19(13-20-14-21(23)24(20,2)3)12-16-8-9-17-6-4-5-7-18(17)11-16/h4-9,11,19-21,23H,10,12-14H2,1-3H3/t19-,20+,21+,23-/m1/s1. The van der Waals surface area contributed by atoms with Gasteiger partial charge in [-0.3, -0.25) is 9.59 Å². The van der Waals surface area contributed by atoms with Crippen molar-refractivity contribution in [2.24, 2.45) is 23.2 Å². The summed E-state index contributed by atoms with van der Waals surface area (Å²) in [5.74, 6) is 0.942. The third-order valence-corrected chi connectivity index (χ3v) is 6.97. The van der Waals surface area contributed by atoms with Crippen molar-refractivity contribution in [3.63, 3.8) is 0 Å². The smallest absolute Gasteiger partial charge is 0.313 e. The van der Waals surface area contributed by atoms with Crippen molar-refractivity contribution in [2.45, 2.75) is 52.6 Å². The number of rotatable bonds is 5. The third kappa shape index (κ3) is 3.40. The van der Waals surface area contributed by atoms with Crippen LogP contribution in [0.25, 0.3) is 10.8 Å². The quantitative estimate of drug-likeness (QED) is 0.556. The Morgan fingerprint density at radius 2 is 1.81 bits per heavy atom. The summed E-state index contributed by atoms with van der Waals surface area (Å²) in [6, 6.07) is 15.0. The third-order valence-electron chi connectivity index (χ3n) is 6.97. The molecule has 3 heteroatoms. The maximum Gasteiger partial charge on any atom is 0.313 e. The van der Waals surface area contributed by atoms with Crippen molar-refractivity contribution >= 4 is 22.5 Å². The molecule has 3 aliphatic carbocycles. The van der Waals surface area contributed by atoms with E-state index >= 15 is 0 Å². The number of ketones is 1. The van der Waals surface area contributed by atoms with Crippen LogP contribution < -0.4 is 0 Å². The molecule has 0 heterocycles. The fraction of sp³-hybridized carbons (Fsp3) is 0.500. The molecular formula is C24H28O3. The fourth-order valence-corrected chi connectivity index (χ4v) is 5.28. The molecule has 0 radical (unpaired) electrons. The van der Waals surface area contributed by atoms with Crippen molar-refractivity contribution in [1.82, 2.24) is 0 Å². The van der Waals surface area contributed by atoms with Gasteiger partial charge in [0.15, 0.2) is 0 Å². The first kappa shape index (κ1) is 18.2. The van der Waals surface area contributed by atoms with Gasteiger partial charge in [0.25, 0.3) is 0 Å². The first-order chi connectivity index (χ1) is 12.8. The zero-order chi connectivity index (χ0) is 19.2. The van der Waals surface area contributed by atoms with E-state index in [1.165, 1.54) is 23.3 Å². The highest BCUT2D eigenvalue weighted by Crippen LogP contribution is 2.61. The summed E-state index contributed by atoms with van der Waals surface area (Å²) >= 11 is 0. The predicted octanol–water partition coefficient (Wildman–Crippen LogP) is 4.96. The summed E-state index contributed by atoms with van der Waals surface area (Å²) in [6.45, 7) is 6.03. The van der Waals surface area contributed by atoms with Gasteiger partial charge in [0, 0.05) is 11.8 Å². The molecule has 0 unspecified atom stereocenters. The van der Waals surface area contributed by atoms with Gasteiger partial charge < -0.3 is 4.74 Å². The van der Waals surface area contributed by atoms with E-state index in [1.54, 1.807) is 0 Å². The van der Waals surface area contributed by atoms with Crippen LogP contribution in [0.3, 0.4) is 0 Å². The van der Waals surface area contributed by atoms with E-state index < -0.39 is 0 Å². The molecule has 27 heavy (non-hydrogen) atoms. The first-order valence-corrected chi connectivity index (χ1v) is 10.0. The number of carbonyl (C=O) groups is 2. The second kappa shape index (κ2) is 6.78. The second-order valence-electron chi connectivity index (χ2n) is 9.08. The van der Waals surface area contributed by atoms with Gasteiger partial charge in [-0.1, -0.05) is 56.3 Å². The molecule has 0 saturated heterocycles. The summed E-state index contributed by atoms with van der Waals surface area (Å²) in [4.78, 5) is 23.5. The number of benzene rings is 2. The number of hydrogen-bond donors (Lipinski definition) is 0. The number of esters is 1. The normalized spacial score (nSPS) is 28.4. The van der Waals surface area contributed by atoms with Gasteiger partial charge in [0.05, 0.1) is 0 Å². The summed E-state index contributed by atoms with van der Waals surface area (Å²) in [7, 11) is 0. The Hall–Kier alpha value is -2.16. The van der Waals surface area contributed by atoms with Crippen molar-refractivity contribution in [2.75, 3.05) is 0 Å². The Labute approximate surface area is 161 Å². The summed E-state index contributed by atoms with van der Waals surface area (Å²) in [5.41, 5.74) is 1.52. The lowest BCUT2D eigenvalue weighted by Crippen LogP contribution is -2.59. The van der Waals surface area contributed by atoms with E-state index in [-0.39, 0.29) is 29.7 Å². The first-order valence-electron chi connectivity index (χ1n) is 10.0. The monoisotopic (exact) mass is 364 g/mol. The van der Waals surface area contributed by atoms with Crippen LogP contribution >= 0.6 is 0 Å². The Morgan fingerprint density at radius 3 is 2.52 bits per heavy atom. The van der Waals surface area contributed by atoms with Crippen molar-refractivity contribution < 1.29 is 14.3 Å². The Kier molecular flexibility index (Phi) is 4.57. The molecule has 3 fully saturated rings. The Balaban J connectivity index is 1.55. The van der Waals surface area contributed by atoms with Gasteiger partial charge in [0.2, 0.25) is 0 Å². The molecular weight excluding hydrogens is 336 g/mol. The van der Waals surface area contributed by atoms with Gasteiger partial charge in [-0.2, -0.15) is 0 Å². The number of carbonyl (C=O) groups excluding carboxylic acids is 2. The van der Waals surface area contributed by atoms with Crippen molar-refractivity contribution in [3.05, 3.63) is 48.0 Å². The van der Waals surface area contributed by atoms with Crippen molar-refractivity contribution in [1.29, 1.82) is 0 Å². The fourth-order valence-electron chi connectivity index (χ4n) is 5.28. The van der Waals surface area contributed by atoms with Crippen LogP contribution in [0.4, 0.5) is 0 Å². The van der Waals surface area contributed by atoms with Crippen LogP contribution in [0.5, 0.6) is 0 Å². The van der Waals surface area contributed by atoms with Gasteiger partial charge in [-0.25, -0.2) is 0 Å². The SMILES string of the molecule is CC(=O)CC(=O)O[C@@H]1[C@H](Cc2ccc3ccccc3c2)C[C@H]2C[C@@H]1C2(C)C. The average Bonchev–Trinajstić information content (AvgIpc) is 2.61. The molecule has 3 saturated carbocycles. The van der Waals surface area contributed by atoms with E-state index in [4.69, 9.17) is 4.74 Å². The van der Waals surface area contributed by atoms with Crippen LogP contribution in [0, 0.1) is 23.2 Å². The van der Waals surface area contributed by atoms with Crippen molar-refractivity contribution in [3.8, 4) is 0 Å². The molecule has 3 aliphatic rings. The molecule has 0 N–H and O–H groups in total. The highest BCUT2D eigenvalue weighted by Gasteiger charge is 2.59. The number of hydrogen-bond acceptors (Lipinski definition) is 3. The minimum absolute atomic E-state index is 0.0803. The van der Waals surface area contributed by atoms with Gasteiger partial charge in [-0.15, -0.1) is 0 Å². The predicted molar refractivity (Wildman–Crippen MR) is 106 cm³/mol. The van der Waals surface area contributed by atoms with E-state index in [9.17, 15) is 9.59 Å². The van der Waals surface area contributed by atoms with Crippen LogP contribution in [0.2, 0.25) is 0 Å². The topological polar surface area (TPSA) is 43.4 Å². The van der Waals surface area contributed by atoms with E-state index in [1.807, 2.05) is 0 Å². The maximum absolute atomic E-state index is 12.2. The average molecular weight is 364 g/mol. The lowest BCUT2D eigenvalue weighted by molar-refractivity contribution is -0.198.